The minimum absolute atomic E-state index is 0.248. The van der Waals surface area contributed by atoms with Crippen LogP contribution in [-0.4, -0.2) is 23.0 Å². The molecule has 0 fully saturated rings. The Morgan fingerprint density at radius 2 is 1.93 bits per heavy atom. The number of hydrogen-bond acceptors (Lipinski definition) is 6. The fraction of sp³-hybridized carbons (Fsp3) is 0.150. The van der Waals surface area contributed by atoms with Crippen LogP contribution in [0.25, 0.3) is 10.2 Å². The smallest absolute Gasteiger partial charge is 0.279 e. The highest BCUT2D eigenvalue weighted by Crippen LogP contribution is 2.31. The fourth-order valence-corrected chi connectivity index (χ4v) is 4.41. The van der Waals surface area contributed by atoms with E-state index in [4.69, 9.17) is 4.74 Å². The zero-order valence-corrected chi connectivity index (χ0v) is 16.6. The number of aromatic nitrogens is 2. The third kappa shape index (κ3) is 3.94. The molecule has 142 valence electrons. The summed E-state index contributed by atoms with van der Waals surface area (Å²) in [5.41, 5.74) is 1.98. The summed E-state index contributed by atoms with van der Waals surface area (Å²) in [4.78, 5) is 23.8. The second-order valence-corrected chi connectivity index (χ2v) is 7.99. The van der Waals surface area contributed by atoms with E-state index in [1.165, 1.54) is 34.8 Å². The van der Waals surface area contributed by atoms with Gasteiger partial charge in [0, 0.05) is 12.5 Å². The number of nitrogens with zero attached hydrogens (tertiary/aromatic N) is 3. The number of ether oxygens (including phenoxy) is 1. The van der Waals surface area contributed by atoms with Gasteiger partial charge >= 0.3 is 0 Å². The first-order valence-corrected chi connectivity index (χ1v) is 10.2. The Morgan fingerprint density at radius 1 is 1.14 bits per heavy atom. The quantitative estimate of drug-likeness (QED) is 0.452. The predicted octanol–water partition coefficient (Wildman–Crippen LogP) is 4.89. The maximum Gasteiger partial charge on any atom is 0.279 e. The Hall–Kier alpha value is -2.68. The molecule has 4 aromatic rings. The molecule has 0 aliphatic heterocycles. The standard InChI is InChI=1S/C20H16FN3O2S2/c1-26-11-18-22-16(12-27-18)19(25)24(10-13-6-8-14(21)9-7-13)20-23-15-4-2-3-5-17(15)28-20/h2-9,12H,10-11H2,1H3. The van der Waals surface area contributed by atoms with Gasteiger partial charge in [-0.1, -0.05) is 35.6 Å². The van der Waals surface area contributed by atoms with Crippen LogP contribution >= 0.6 is 22.7 Å². The lowest BCUT2D eigenvalue weighted by molar-refractivity contribution is 0.0980. The molecule has 4 rings (SSSR count). The largest absolute Gasteiger partial charge is 0.378 e. The molecule has 0 bridgehead atoms. The lowest BCUT2D eigenvalue weighted by Crippen LogP contribution is -2.30. The number of rotatable bonds is 6. The topological polar surface area (TPSA) is 55.3 Å². The molecule has 2 aromatic carbocycles. The van der Waals surface area contributed by atoms with Crippen LogP contribution in [0.3, 0.4) is 0 Å². The summed E-state index contributed by atoms with van der Waals surface area (Å²) in [7, 11) is 1.59. The number of halogens is 1. The summed E-state index contributed by atoms with van der Waals surface area (Å²) in [6.07, 6.45) is 0. The lowest BCUT2D eigenvalue weighted by atomic mass is 10.2. The van der Waals surface area contributed by atoms with Gasteiger partial charge in [0.1, 0.15) is 16.5 Å². The maximum atomic E-state index is 13.3. The molecule has 0 saturated carbocycles. The van der Waals surface area contributed by atoms with E-state index in [2.05, 4.69) is 9.97 Å². The van der Waals surface area contributed by atoms with Crippen molar-refractivity contribution in [2.75, 3.05) is 12.0 Å². The molecule has 0 N–H and O–H groups in total. The first kappa shape index (κ1) is 18.7. The first-order chi connectivity index (χ1) is 13.6. The molecule has 0 unspecified atom stereocenters. The van der Waals surface area contributed by atoms with Gasteiger partial charge in [-0.3, -0.25) is 9.69 Å². The highest BCUT2D eigenvalue weighted by molar-refractivity contribution is 7.22. The van der Waals surface area contributed by atoms with Gasteiger partial charge in [-0.25, -0.2) is 14.4 Å². The van der Waals surface area contributed by atoms with Crippen molar-refractivity contribution >= 4 is 43.9 Å². The van der Waals surface area contributed by atoms with Crippen molar-refractivity contribution in [3.63, 3.8) is 0 Å². The summed E-state index contributed by atoms with van der Waals surface area (Å²) in [6, 6.07) is 13.8. The molecule has 0 radical (unpaired) electrons. The zero-order valence-electron chi connectivity index (χ0n) is 15.0. The third-order valence-electron chi connectivity index (χ3n) is 4.05. The van der Waals surface area contributed by atoms with Crippen LogP contribution in [0.4, 0.5) is 9.52 Å². The van der Waals surface area contributed by atoms with E-state index in [0.717, 1.165) is 20.8 Å². The van der Waals surface area contributed by atoms with E-state index < -0.39 is 0 Å². The lowest BCUT2D eigenvalue weighted by Gasteiger charge is -2.19. The van der Waals surface area contributed by atoms with Gasteiger partial charge in [0.2, 0.25) is 0 Å². The van der Waals surface area contributed by atoms with Crippen LogP contribution in [0.2, 0.25) is 0 Å². The molecular weight excluding hydrogens is 397 g/mol. The number of carbonyl (C=O) groups is 1. The van der Waals surface area contributed by atoms with Crippen LogP contribution in [0.5, 0.6) is 0 Å². The molecule has 0 aliphatic carbocycles. The number of benzene rings is 2. The van der Waals surface area contributed by atoms with Crippen molar-refractivity contribution in [1.29, 1.82) is 0 Å². The fourth-order valence-electron chi connectivity index (χ4n) is 2.71. The number of anilines is 1. The number of methoxy groups -OCH3 is 1. The second kappa shape index (κ2) is 8.14. The average molecular weight is 413 g/mol. The normalized spacial score (nSPS) is 11.1. The van der Waals surface area contributed by atoms with Gasteiger partial charge in [-0.05, 0) is 29.8 Å². The van der Waals surface area contributed by atoms with Crippen molar-refractivity contribution < 1.29 is 13.9 Å². The highest BCUT2D eigenvalue weighted by Gasteiger charge is 2.24. The molecule has 8 heteroatoms. The Morgan fingerprint density at radius 3 is 2.68 bits per heavy atom. The van der Waals surface area contributed by atoms with Crippen LogP contribution in [-0.2, 0) is 17.9 Å². The van der Waals surface area contributed by atoms with Crippen molar-refractivity contribution in [3.05, 3.63) is 76.0 Å². The van der Waals surface area contributed by atoms with Crippen LogP contribution < -0.4 is 4.90 Å². The molecule has 2 aromatic heterocycles. The zero-order chi connectivity index (χ0) is 19.5. The second-order valence-electron chi connectivity index (χ2n) is 6.04. The van der Waals surface area contributed by atoms with Crippen molar-refractivity contribution in [3.8, 4) is 0 Å². The Bertz CT molecular complexity index is 1080. The Kier molecular flexibility index (Phi) is 5.43. The van der Waals surface area contributed by atoms with E-state index in [1.807, 2.05) is 24.3 Å². The number of amides is 1. The van der Waals surface area contributed by atoms with Crippen LogP contribution in [0, 0.1) is 5.82 Å². The van der Waals surface area contributed by atoms with Crippen molar-refractivity contribution in [1.82, 2.24) is 9.97 Å². The maximum absolute atomic E-state index is 13.3. The van der Waals surface area contributed by atoms with Gasteiger partial charge in [-0.15, -0.1) is 11.3 Å². The Balaban J connectivity index is 1.71. The number of hydrogen-bond donors (Lipinski definition) is 0. The number of para-hydroxylation sites is 1. The summed E-state index contributed by atoms with van der Waals surface area (Å²) >= 11 is 2.82. The summed E-state index contributed by atoms with van der Waals surface area (Å²) < 4.78 is 19.4. The van der Waals surface area contributed by atoms with Crippen LogP contribution in [0.15, 0.2) is 53.9 Å². The molecular formula is C20H16FN3O2S2. The number of thiazole rings is 2. The van der Waals surface area contributed by atoms with E-state index in [0.29, 0.717) is 17.4 Å². The molecule has 2 heterocycles. The molecule has 0 aliphatic rings. The minimum Gasteiger partial charge on any atom is -0.378 e. The van der Waals surface area contributed by atoms with Gasteiger partial charge in [0.05, 0.1) is 23.4 Å². The van der Waals surface area contributed by atoms with E-state index in [9.17, 15) is 9.18 Å². The Labute approximate surface area is 169 Å². The minimum atomic E-state index is -0.315. The van der Waals surface area contributed by atoms with Crippen molar-refractivity contribution in [2.45, 2.75) is 13.2 Å². The molecule has 0 saturated heterocycles. The van der Waals surface area contributed by atoms with Crippen LogP contribution in [0.1, 0.15) is 21.1 Å². The third-order valence-corrected chi connectivity index (χ3v) is 5.93. The molecule has 5 nitrogen and oxygen atoms in total. The van der Waals surface area contributed by atoms with E-state index in [1.54, 1.807) is 29.5 Å². The molecule has 0 spiro atoms. The summed E-state index contributed by atoms with van der Waals surface area (Å²) in [5.74, 6) is -0.563. The monoisotopic (exact) mass is 413 g/mol. The van der Waals surface area contributed by atoms with E-state index in [-0.39, 0.29) is 18.3 Å². The highest BCUT2D eigenvalue weighted by atomic mass is 32.1. The number of carbonyl (C=O) groups excluding carboxylic acids is 1. The molecule has 0 atom stereocenters. The van der Waals surface area contributed by atoms with Gasteiger partial charge in [0.15, 0.2) is 5.13 Å². The van der Waals surface area contributed by atoms with Crippen molar-refractivity contribution in [2.24, 2.45) is 0 Å². The average Bonchev–Trinajstić information content (AvgIpc) is 3.34. The van der Waals surface area contributed by atoms with Gasteiger partial charge < -0.3 is 4.74 Å². The van der Waals surface area contributed by atoms with Gasteiger partial charge in [0.25, 0.3) is 5.91 Å². The molecule has 28 heavy (non-hydrogen) atoms. The molecule has 1 amide bonds. The van der Waals surface area contributed by atoms with Gasteiger partial charge in [-0.2, -0.15) is 0 Å². The predicted molar refractivity (Wildman–Crippen MR) is 109 cm³/mol. The summed E-state index contributed by atoms with van der Waals surface area (Å²) in [6.45, 7) is 0.632. The number of fused-ring (bicyclic) bond motifs is 1. The van der Waals surface area contributed by atoms with E-state index >= 15 is 0 Å². The SMILES string of the molecule is COCc1nc(C(=O)N(Cc2ccc(F)cc2)c2nc3ccccc3s2)cs1. The summed E-state index contributed by atoms with van der Waals surface area (Å²) in [5, 5.41) is 3.04. The first-order valence-electron chi connectivity index (χ1n) is 8.49.